The van der Waals surface area contributed by atoms with Gasteiger partial charge in [0, 0.05) is 12.8 Å². The first-order chi connectivity index (χ1) is 7.37. The van der Waals surface area contributed by atoms with E-state index in [0.717, 1.165) is 5.57 Å². The number of aliphatic hydroxyl groups excluding tert-OH is 1. The molecule has 0 aromatic heterocycles. The summed E-state index contributed by atoms with van der Waals surface area (Å²) in [5.74, 6) is -0.365. The highest BCUT2D eigenvalue weighted by molar-refractivity contribution is 6.02. The van der Waals surface area contributed by atoms with Crippen LogP contribution in [0, 0.1) is 11.8 Å². The molecule has 0 aromatic carbocycles. The summed E-state index contributed by atoms with van der Waals surface area (Å²) >= 11 is 0. The number of β-lactam (4-membered cyclic amide) rings is 1. The molecule has 4 nitrogen and oxygen atoms in total. The van der Waals surface area contributed by atoms with E-state index in [4.69, 9.17) is 0 Å². The Morgan fingerprint density at radius 3 is 2.50 bits per heavy atom. The molecule has 2 heterocycles. The zero-order valence-corrected chi connectivity index (χ0v) is 10.0. The van der Waals surface area contributed by atoms with Gasteiger partial charge in [-0.15, -0.1) is 0 Å². The number of amides is 1. The number of hydrogen-bond donors (Lipinski definition) is 1. The van der Waals surface area contributed by atoms with E-state index in [9.17, 15) is 14.7 Å². The number of Topliss-reactive ketones (excluding diaryl/α,β-unsaturated/α-hetero) is 1. The van der Waals surface area contributed by atoms with Crippen molar-refractivity contribution in [1.82, 2.24) is 4.90 Å². The minimum absolute atomic E-state index is 0.0219. The summed E-state index contributed by atoms with van der Waals surface area (Å²) in [6, 6.07) is -0.0219. The summed E-state index contributed by atoms with van der Waals surface area (Å²) in [4.78, 5) is 24.9. The van der Waals surface area contributed by atoms with Crippen LogP contribution in [0.2, 0.25) is 0 Å². The average molecular weight is 223 g/mol. The molecule has 4 unspecified atom stereocenters. The summed E-state index contributed by atoms with van der Waals surface area (Å²) in [6.07, 6.45) is -0.643. The normalized spacial score (nSPS) is 34.9. The average Bonchev–Trinajstić information content (AvgIpc) is 2.38. The number of nitrogens with zero attached hydrogens (tertiary/aromatic N) is 1. The predicted molar refractivity (Wildman–Crippen MR) is 58.3 cm³/mol. The van der Waals surface area contributed by atoms with E-state index in [1.807, 2.05) is 13.8 Å². The minimum atomic E-state index is -0.643. The lowest BCUT2D eigenvalue weighted by Gasteiger charge is -2.46. The minimum Gasteiger partial charge on any atom is -0.393 e. The summed E-state index contributed by atoms with van der Waals surface area (Å²) < 4.78 is 0. The Balaban J connectivity index is 2.36. The van der Waals surface area contributed by atoms with Crippen molar-refractivity contribution in [3.63, 3.8) is 0 Å². The van der Waals surface area contributed by atoms with E-state index >= 15 is 0 Å². The molecule has 4 atom stereocenters. The molecule has 1 saturated heterocycles. The van der Waals surface area contributed by atoms with Crippen LogP contribution in [0.25, 0.3) is 0 Å². The Morgan fingerprint density at radius 1 is 1.50 bits per heavy atom. The van der Waals surface area contributed by atoms with Crippen LogP contribution in [0.3, 0.4) is 0 Å². The van der Waals surface area contributed by atoms with Crippen LogP contribution in [0.15, 0.2) is 11.3 Å². The molecule has 0 aliphatic carbocycles. The van der Waals surface area contributed by atoms with Gasteiger partial charge in [0.25, 0.3) is 0 Å². The van der Waals surface area contributed by atoms with Crippen LogP contribution in [0.1, 0.15) is 27.7 Å². The van der Waals surface area contributed by atoms with Crippen molar-refractivity contribution in [1.29, 1.82) is 0 Å². The van der Waals surface area contributed by atoms with Gasteiger partial charge in [-0.05, 0) is 19.4 Å². The van der Waals surface area contributed by atoms with E-state index in [2.05, 4.69) is 0 Å². The van der Waals surface area contributed by atoms with E-state index in [1.165, 1.54) is 6.92 Å². The van der Waals surface area contributed by atoms with E-state index in [1.54, 1.807) is 11.8 Å². The van der Waals surface area contributed by atoms with Gasteiger partial charge in [0.1, 0.15) is 0 Å². The highest BCUT2D eigenvalue weighted by Gasteiger charge is 2.58. The molecule has 0 aromatic rings. The van der Waals surface area contributed by atoms with Gasteiger partial charge in [0.15, 0.2) is 5.78 Å². The molecule has 0 radical (unpaired) electrons. The second-order valence-electron chi connectivity index (χ2n) is 4.84. The Morgan fingerprint density at radius 2 is 2.06 bits per heavy atom. The van der Waals surface area contributed by atoms with Gasteiger partial charge in [-0.2, -0.15) is 0 Å². The van der Waals surface area contributed by atoms with Gasteiger partial charge in [0.05, 0.1) is 23.8 Å². The fourth-order valence-electron chi connectivity index (χ4n) is 2.93. The SMILES string of the molecule is CC(=O)C1=C(C)C(C)C2C(C(C)O)C(=O)N12. The third-order valence-electron chi connectivity index (χ3n) is 3.85. The van der Waals surface area contributed by atoms with Crippen molar-refractivity contribution in [2.24, 2.45) is 11.8 Å². The van der Waals surface area contributed by atoms with Crippen molar-refractivity contribution in [3.05, 3.63) is 11.3 Å². The number of carbonyl (C=O) groups is 2. The third-order valence-corrected chi connectivity index (χ3v) is 3.85. The zero-order valence-electron chi connectivity index (χ0n) is 10.0. The number of carbonyl (C=O) groups excluding carboxylic acids is 2. The topological polar surface area (TPSA) is 57.6 Å². The molecule has 0 saturated carbocycles. The Hall–Kier alpha value is -1.16. The number of ketones is 1. The maximum absolute atomic E-state index is 11.9. The molecule has 2 aliphatic rings. The quantitative estimate of drug-likeness (QED) is 0.701. The molecule has 4 heteroatoms. The van der Waals surface area contributed by atoms with E-state index in [0.29, 0.717) is 5.70 Å². The molecule has 2 aliphatic heterocycles. The predicted octanol–water partition coefficient (Wildman–Crippen LogP) is 0.707. The van der Waals surface area contributed by atoms with Gasteiger partial charge in [-0.1, -0.05) is 6.92 Å². The van der Waals surface area contributed by atoms with Crippen LogP contribution < -0.4 is 0 Å². The van der Waals surface area contributed by atoms with Crippen molar-refractivity contribution >= 4 is 11.7 Å². The molecular weight excluding hydrogens is 206 g/mol. The number of hydrogen-bond acceptors (Lipinski definition) is 3. The molecular formula is C12H17NO3. The molecule has 16 heavy (non-hydrogen) atoms. The maximum Gasteiger partial charge on any atom is 0.235 e. The first-order valence-corrected chi connectivity index (χ1v) is 5.60. The zero-order chi connectivity index (χ0) is 12.2. The second kappa shape index (κ2) is 3.42. The van der Waals surface area contributed by atoms with Crippen LogP contribution in [-0.2, 0) is 9.59 Å². The van der Waals surface area contributed by atoms with Gasteiger partial charge < -0.3 is 10.0 Å². The molecule has 1 N–H and O–H groups in total. The van der Waals surface area contributed by atoms with Crippen molar-refractivity contribution in [2.45, 2.75) is 39.8 Å². The van der Waals surface area contributed by atoms with Gasteiger partial charge in [0.2, 0.25) is 5.91 Å². The fraction of sp³-hybridized carbons (Fsp3) is 0.667. The lowest BCUT2D eigenvalue weighted by Crippen LogP contribution is -2.63. The molecule has 1 amide bonds. The van der Waals surface area contributed by atoms with Crippen LogP contribution >= 0.6 is 0 Å². The van der Waals surface area contributed by atoms with Gasteiger partial charge in [-0.3, -0.25) is 9.59 Å². The standard InChI is InChI=1S/C12H17NO3/c1-5-6(2)11-9(7(3)14)12(16)13(11)10(5)8(4)15/h6-7,9,11,14H,1-4H3. The Bertz CT molecular complexity index is 397. The van der Waals surface area contributed by atoms with Gasteiger partial charge >= 0.3 is 0 Å². The highest BCUT2D eigenvalue weighted by Crippen LogP contribution is 2.46. The van der Waals surface area contributed by atoms with Crippen LogP contribution in [0.5, 0.6) is 0 Å². The van der Waals surface area contributed by atoms with E-state index < -0.39 is 6.10 Å². The Kier molecular flexibility index (Phi) is 2.42. The van der Waals surface area contributed by atoms with Crippen LogP contribution in [-0.4, -0.2) is 33.8 Å². The summed E-state index contributed by atoms with van der Waals surface area (Å²) in [5, 5.41) is 9.57. The smallest absolute Gasteiger partial charge is 0.235 e. The Labute approximate surface area is 94.9 Å². The monoisotopic (exact) mass is 223 g/mol. The van der Waals surface area contributed by atoms with Crippen molar-refractivity contribution < 1.29 is 14.7 Å². The first kappa shape index (κ1) is 11.3. The number of allylic oxidation sites excluding steroid dienone is 1. The number of fused-ring (bicyclic) bond motifs is 1. The number of rotatable bonds is 2. The van der Waals surface area contributed by atoms with Gasteiger partial charge in [-0.25, -0.2) is 0 Å². The fourth-order valence-corrected chi connectivity index (χ4v) is 2.93. The summed E-state index contributed by atoms with van der Waals surface area (Å²) in [7, 11) is 0. The highest BCUT2D eigenvalue weighted by atomic mass is 16.3. The molecule has 2 rings (SSSR count). The first-order valence-electron chi connectivity index (χ1n) is 5.60. The molecule has 1 fully saturated rings. The summed E-state index contributed by atoms with van der Waals surface area (Å²) in [6.45, 7) is 7.02. The maximum atomic E-state index is 11.9. The second-order valence-corrected chi connectivity index (χ2v) is 4.84. The molecule has 0 spiro atoms. The van der Waals surface area contributed by atoms with Crippen LogP contribution in [0.4, 0.5) is 0 Å². The lowest BCUT2D eigenvalue weighted by atomic mass is 9.78. The lowest BCUT2D eigenvalue weighted by molar-refractivity contribution is -0.160. The van der Waals surface area contributed by atoms with Crippen molar-refractivity contribution in [3.8, 4) is 0 Å². The largest absolute Gasteiger partial charge is 0.393 e. The third kappa shape index (κ3) is 1.19. The molecule has 0 bridgehead atoms. The van der Waals surface area contributed by atoms with Crippen molar-refractivity contribution in [2.75, 3.05) is 0 Å². The molecule has 88 valence electrons. The van der Waals surface area contributed by atoms with E-state index in [-0.39, 0.29) is 29.6 Å². The number of aliphatic hydroxyl groups is 1. The summed E-state index contributed by atoms with van der Waals surface area (Å²) in [5.41, 5.74) is 1.51.